The van der Waals surface area contributed by atoms with Gasteiger partial charge in [-0.05, 0) is 50.1 Å². The molecule has 0 saturated heterocycles. The number of sulfonamides is 1. The summed E-state index contributed by atoms with van der Waals surface area (Å²) in [7, 11) is -3.61. The standard InChI is InChI=1S/C24H30ClN3O6S/c1-4-26-24(30)17(2)27(15-18-7-9-19(25)10-8-18)23(29)6-5-13-28(35(3,31)32)20-11-12-21-22(14-20)34-16-33-21/h7-12,14,17H,4-6,13,15-16H2,1-3H3,(H,26,30)/t17-/m1/s1. The van der Waals surface area contributed by atoms with Gasteiger partial charge in [0.25, 0.3) is 0 Å². The van der Waals surface area contributed by atoms with Gasteiger partial charge in [-0.2, -0.15) is 0 Å². The molecule has 35 heavy (non-hydrogen) atoms. The molecule has 1 aliphatic heterocycles. The highest BCUT2D eigenvalue weighted by molar-refractivity contribution is 7.92. The molecule has 2 amide bonds. The molecule has 0 bridgehead atoms. The maximum Gasteiger partial charge on any atom is 0.242 e. The van der Waals surface area contributed by atoms with E-state index in [1.807, 2.05) is 6.92 Å². The van der Waals surface area contributed by atoms with Gasteiger partial charge in [0.05, 0.1) is 11.9 Å². The lowest BCUT2D eigenvalue weighted by Gasteiger charge is -2.29. The lowest BCUT2D eigenvalue weighted by atomic mass is 10.1. The van der Waals surface area contributed by atoms with E-state index in [2.05, 4.69) is 5.32 Å². The number of fused-ring (bicyclic) bond motifs is 1. The molecule has 3 rings (SSSR count). The fourth-order valence-electron chi connectivity index (χ4n) is 3.74. The van der Waals surface area contributed by atoms with Crippen LogP contribution < -0.4 is 19.1 Å². The first-order valence-corrected chi connectivity index (χ1v) is 13.5. The molecule has 2 aromatic carbocycles. The van der Waals surface area contributed by atoms with Gasteiger partial charge in [0.2, 0.25) is 28.6 Å². The molecule has 11 heteroatoms. The Bertz CT molecular complexity index is 1160. The van der Waals surface area contributed by atoms with Crippen LogP contribution in [0.2, 0.25) is 5.02 Å². The Balaban J connectivity index is 1.71. The molecular formula is C24H30ClN3O6S. The average molecular weight is 524 g/mol. The van der Waals surface area contributed by atoms with E-state index in [1.165, 1.54) is 9.21 Å². The number of amides is 2. The molecule has 1 aliphatic rings. The second-order valence-electron chi connectivity index (χ2n) is 8.19. The van der Waals surface area contributed by atoms with E-state index in [9.17, 15) is 18.0 Å². The molecule has 0 saturated carbocycles. The predicted molar refractivity (Wildman–Crippen MR) is 134 cm³/mol. The summed E-state index contributed by atoms with van der Waals surface area (Å²) in [6.45, 7) is 4.34. The number of halogens is 1. The van der Waals surface area contributed by atoms with Gasteiger partial charge in [-0.15, -0.1) is 0 Å². The minimum absolute atomic E-state index is 0.0634. The number of anilines is 1. The van der Waals surface area contributed by atoms with E-state index in [1.54, 1.807) is 49.4 Å². The fourth-order valence-corrected chi connectivity index (χ4v) is 4.82. The fraction of sp³-hybridized carbons (Fsp3) is 0.417. The maximum absolute atomic E-state index is 13.2. The number of likely N-dealkylation sites (N-methyl/N-ethyl adjacent to an activating group) is 1. The van der Waals surface area contributed by atoms with Crippen molar-refractivity contribution in [2.24, 2.45) is 0 Å². The summed E-state index contributed by atoms with van der Waals surface area (Å²) >= 11 is 5.97. The van der Waals surface area contributed by atoms with Crippen LogP contribution in [0.25, 0.3) is 0 Å². The number of nitrogens with one attached hydrogen (secondary N) is 1. The van der Waals surface area contributed by atoms with Gasteiger partial charge in [-0.3, -0.25) is 13.9 Å². The zero-order chi connectivity index (χ0) is 25.6. The van der Waals surface area contributed by atoms with Crippen LogP contribution in [0.1, 0.15) is 32.3 Å². The van der Waals surface area contributed by atoms with Crippen molar-refractivity contribution in [2.75, 3.05) is 30.4 Å². The molecule has 1 atom stereocenters. The van der Waals surface area contributed by atoms with Gasteiger partial charge in [0.15, 0.2) is 11.5 Å². The molecule has 0 aliphatic carbocycles. The number of ether oxygens (including phenoxy) is 2. The Morgan fingerprint density at radius 1 is 1.11 bits per heavy atom. The normalized spacial score (nSPS) is 13.3. The summed E-state index contributed by atoms with van der Waals surface area (Å²) in [4.78, 5) is 27.2. The van der Waals surface area contributed by atoms with Crippen LogP contribution in [0.4, 0.5) is 5.69 Å². The lowest BCUT2D eigenvalue weighted by molar-refractivity contribution is -0.140. The highest BCUT2D eigenvalue weighted by Gasteiger charge is 2.27. The molecule has 0 aromatic heterocycles. The van der Waals surface area contributed by atoms with Crippen LogP contribution in [0, 0.1) is 0 Å². The zero-order valence-corrected chi connectivity index (χ0v) is 21.6. The number of rotatable bonds is 11. The van der Waals surface area contributed by atoms with Gasteiger partial charge < -0.3 is 19.7 Å². The van der Waals surface area contributed by atoms with Crippen LogP contribution >= 0.6 is 11.6 Å². The Morgan fingerprint density at radius 3 is 2.46 bits per heavy atom. The summed E-state index contributed by atoms with van der Waals surface area (Å²) in [6.07, 6.45) is 1.44. The molecule has 0 spiro atoms. The molecular weight excluding hydrogens is 494 g/mol. The first-order chi connectivity index (χ1) is 16.6. The van der Waals surface area contributed by atoms with Crippen LogP contribution in [0.3, 0.4) is 0 Å². The summed E-state index contributed by atoms with van der Waals surface area (Å²) in [5, 5.41) is 3.32. The number of carbonyl (C=O) groups is 2. The van der Waals surface area contributed by atoms with E-state index in [-0.39, 0.29) is 44.5 Å². The van der Waals surface area contributed by atoms with Crippen molar-refractivity contribution in [1.29, 1.82) is 0 Å². The summed E-state index contributed by atoms with van der Waals surface area (Å²) in [5.74, 6) is 0.512. The monoisotopic (exact) mass is 523 g/mol. The minimum atomic E-state index is -3.61. The van der Waals surface area contributed by atoms with E-state index in [0.717, 1.165) is 11.8 Å². The zero-order valence-electron chi connectivity index (χ0n) is 20.0. The third-order valence-corrected chi connectivity index (χ3v) is 7.03. The molecule has 0 unspecified atom stereocenters. The summed E-state index contributed by atoms with van der Waals surface area (Å²) < 4.78 is 36.8. The topological polar surface area (TPSA) is 105 Å². The van der Waals surface area contributed by atoms with Crippen LogP contribution in [0.5, 0.6) is 11.5 Å². The molecule has 0 radical (unpaired) electrons. The van der Waals surface area contributed by atoms with Crippen molar-refractivity contribution in [3.63, 3.8) is 0 Å². The molecule has 1 heterocycles. The molecule has 2 aromatic rings. The van der Waals surface area contributed by atoms with E-state index in [0.29, 0.717) is 28.8 Å². The Labute approximate surface area is 211 Å². The van der Waals surface area contributed by atoms with Crippen LogP contribution in [-0.2, 0) is 26.2 Å². The Hall–Kier alpha value is -2.98. The van der Waals surface area contributed by atoms with E-state index < -0.39 is 16.1 Å². The van der Waals surface area contributed by atoms with Gasteiger partial charge in [0.1, 0.15) is 6.04 Å². The van der Waals surface area contributed by atoms with Gasteiger partial charge in [-0.25, -0.2) is 8.42 Å². The van der Waals surface area contributed by atoms with Crippen molar-refractivity contribution >= 4 is 39.1 Å². The highest BCUT2D eigenvalue weighted by atomic mass is 35.5. The summed E-state index contributed by atoms with van der Waals surface area (Å²) in [6, 6.07) is 11.3. The Kier molecular flexibility index (Phi) is 8.85. The third-order valence-electron chi connectivity index (χ3n) is 5.58. The van der Waals surface area contributed by atoms with Crippen molar-refractivity contribution in [1.82, 2.24) is 10.2 Å². The smallest absolute Gasteiger partial charge is 0.242 e. The van der Waals surface area contributed by atoms with Crippen LogP contribution in [0.15, 0.2) is 42.5 Å². The average Bonchev–Trinajstić information content (AvgIpc) is 3.28. The molecule has 0 fully saturated rings. The number of carbonyl (C=O) groups excluding carboxylic acids is 2. The minimum Gasteiger partial charge on any atom is -0.454 e. The van der Waals surface area contributed by atoms with Gasteiger partial charge >= 0.3 is 0 Å². The van der Waals surface area contributed by atoms with Gasteiger partial charge in [-0.1, -0.05) is 23.7 Å². The summed E-state index contributed by atoms with van der Waals surface area (Å²) in [5.41, 5.74) is 1.26. The predicted octanol–water partition coefficient (Wildman–Crippen LogP) is 3.17. The highest BCUT2D eigenvalue weighted by Crippen LogP contribution is 2.36. The maximum atomic E-state index is 13.2. The van der Waals surface area contributed by atoms with E-state index >= 15 is 0 Å². The second-order valence-corrected chi connectivity index (χ2v) is 10.5. The van der Waals surface area contributed by atoms with Crippen molar-refractivity contribution in [3.8, 4) is 11.5 Å². The molecule has 190 valence electrons. The van der Waals surface area contributed by atoms with Crippen LogP contribution in [-0.4, -0.2) is 57.3 Å². The van der Waals surface area contributed by atoms with Crippen molar-refractivity contribution < 1.29 is 27.5 Å². The molecule has 9 nitrogen and oxygen atoms in total. The largest absolute Gasteiger partial charge is 0.454 e. The van der Waals surface area contributed by atoms with Crippen molar-refractivity contribution in [2.45, 2.75) is 39.3 Å². The van der Waals surface area contributed by atoms with Crippen molar-refractivity contribution in [3.05, 3.63) is 53.1 Å². The SMILES string of the molecule is CCNC(=O)[C@@H](C)N(Cc1ccc(Cl)cc1)C(=O)CCCN(c1ccc2c(c1)OCO2)S(C)(=O)=O. The number of hydrogen-bond acceptors (Lipinski definition) is 6. The first kappa shape index (κ1) is 26.6. The molecule has 1 N–H and O–H groups in total. The quantitative estimate of drug-likeness (QED) is 0.485. The third kappa shape index (κ3) is 7.02. The van der Waals surface area contributed by atoms with Gasteiger partial charge in [0, 0.05) is 37.1 Å². The number of hydrogen-bond donors (Lipinski definition) is 1. The Morgan fingerprint density at radius 2 is 1.80 bits per heavy atom. The first-order valence-electron chi connectivity index (χ1n) is 11.3. The van der Waals surface area contributed by atoms with E-state index in [4.69, 9.17) is 21.1 Å². The second kappa shape index (κ2) is 11.6. The number of nitrogens with zero attached hydrogens (tertiary/aromatic N) is 2. The number of benzene rings is 2. The lowest BCUT2D eigenvalue weighted by Crippen LogP contribution is -2.47.